The lowest BCUT2D eigenvalue weighted by Crippen LogP contribution is -2.37. The van der Waals surface area contributed by atoms with Gasteiger partial charge in [-0.15, -0.1) is 0 Å². The zero-order valence-electron chi connectivity index (χ0n) is 10.9. The second kappa shape index (κ2) is 4.69. The molecule has 1 heterocycles. The van der Waals surface area contributed by atoms with Crippen molar-refractivity contribution in [3.63, 3.8) is 0 Å². The summed E-state index contributed by atoms with van der Waals surface area (Å²) in [4.78, 5) is 4.40. The van der Waals surface area contributed by atoms with Crippen LogP contribution in [0.3, 0.4) is 0 Å². The van der Waals surface area contributed by atoms with Crippen LogP contribution < -0.4 is 5.32 Å². The molecule has 1 aromatic heterocycles. The fraction of sp³-hybridized carbons (Fsp3) is 0.438. The van der Waals surface area contributed by atoms with Gasteiger partial charge in [0.25, 0.3) is 0 Å². The lowest BCUT2D eigenvalue weighted by Gasteiger charge is -2.38. The monoisotopic (exact) mass is 240 g/mol. The first kappa shape index (κ1) is 11.7. The summed E-state index contributed by atoms with van der Waals surface area (Å²) in [6, 6.07) is 10.5. The van der Waals surface area contributed by atoms with Gasteiger partial charge in [-0.2, -0.15) is 0 Å². The van der Waals surface area contributed by atoms with Crippen molar-refractivity contribution in [1.29, 1.82) is 0 Å². The zero-order chi connectivity index (χ0) is 12.4. The maximum Gasteiger partial charge on any atom is 0.0705 e. The number of nitrogens with zero attached hydrogens (tertiary/aromatic N) is 1. The molecule has 1 aromatic carbocycles. The summed E-state index contributed by atoms with van der Waals surface area (Å²) in [5.41, 5.74) is 2.98. The van der Waals surface area contributed by atoms with Crippen LogP contribution >= 0.6 is 0 Å². The summed E-state index contributed by atoms with van der Waals surface area (Å²) in [5.74, 6) is 0. The first-order valence-electron chi connectivity index (χ1n) is 6.80. The van der Waals surface area contributed by atoms with Crippen LogP contribution in [0.25, 0.3) is 10.9 Å². The minimum atomic E-state index is 0.544. The molecule has 2 heteroatoms. The van der Waals surface area contributed by atoms with Crippen molar-refractivity contribution >= 4 is 10.9 Å². The summed E-state index contributed by atoms with van der Waals surface area (Å²) in [6.07, 6.45) is 6.05. The number of fused-ring (bicyclic) bond motifs is 1. The van der Waals surface area contributed by atoms with E-state index in [0.29, 0.717) is 5.41 Å². The summed E-state index contributed by atoms with van der Waals surface area (Å²) >= 11 is 0. The van der Waals surface area contributed by atoms with Gasteiger partial charge in [-0.05, 0) is 36.0 Å². The zero-order valence-corrected chi connectivity index (χ0v) is 10.9. The molecule has 1 aliphatic rings. The number of pyridine rings is 1. The lowest BCUT2D eigenvalue weighted by atomic mass is 9.70. The van der Waals surface area contributed by atoms with Crippen LogP contribution in [0, 0.1) is 5.41 Å². The molecule has 0 amide bonds. The smallest absolute Gasteiger partial charge is 0.0705 e. The van der Waals surface area contributed by atoms with Crippen LogP contribution in [0.2, 0.25) is 0 Å². The maximum atomic E-state index is 4.40. The summed E-state index contributed by atoms with van der Waals surface area (Å²) in [6.45, 7) is 4.45. The van der Waals surface area contributed by atoms with Gasteiger partial charge in [-0.1, -0.05) is 31.5 Å². The molecule has 1 fully saturated rings. The second-order valence-electron chi connectivity index (χ2n) is 5.75. The van der Waals surface area contributed by atoms with Gasteiger partial charge in [-0.25, -0.2) is 0 Å². The normalized spacial score (nSPS) is 17.6. The molecule has 3 rings (SSSR count). The Morgan fingerprint density at radius 1 is 1.22 bits per heavy atom. The lowest BCUT2D eigenvalue weighted by molar-refractivity contribution is 0.156. The quantitative estimate of drug-likeness (QED) is 0.884. The maximum absolute atomic E-state index is 4.40. The molecule has 0 spiro atoms. The van der Waals surface area contributed by atoms with Crippen LogP contribution in [0.5, 0.6) is 0 Å². The van der Waals surface area contributed by atoms with Crippen LogP contribution in [0.15, 0.2) is 36.5 Å². The molecule has 1 saturated carbocycles. The van der Waals surface area contributed by atoms with Crippen molar-refractivity contribution in [2.75, 3.05) is 6.54 Å². The van der Waals surface area contributed by atoms with Gasteiger partial charge in [-0.3, -0.25) is 4.98 Å². The van der Waals surface area contributed by atoms with E-state index < -0.39 is 0 Å². The number of benzene rings is 1. The predicted octanol–water partition coefficient (Wildman–Crippen LogP) is 3.51. The second-order valence-corrected chi connectivity index (χ2v) is 5.75. The molecule has 94 valence electrons. The van der Waals surface area contributed by atoms with E-state index in [1.54, 1.807) is 0 Å². The van der Waals surface area contributed by atoms with Crippen molar-refractivity contribution in [1.82, 2.24) is 10.3 Å². The minimum Gasteiger partial charge on any atom is -0.312 e. The first-order valence-corrected chi connectivity index (χ1v) is 6.80. The molecule has 0 unspecified atom stereocenters. The molecular formula is C16H20N2. The standard InChI is InChI=1S/C16H20N2/c1-16(8-4-9-16)12-17-11-13-7-10-18-15-6-3-2-5-14(13)15/h2-3,5-7,10,17H,4,8-9,11-12H2,1H3. The Morgan fingerprint density at radius 3 is 2.83 bits per heavy atom. The number of para-hydroxylation sites is 1. The van der Waals surface area contributed by atoms with Crippen molar-refractivity contribution in [2.45, 2.75) is 32.7 Å². The average Bonchev–Trinajstić information content (AvgIpc) is 2.37. The molecule has 0 radical (unpaired) electrons. The third-order valence-electron chi connectivity index (χ3n) is 4.17. The fourth-order valence-electron chi connectivity index (χ4n) is 2.77. The molecule has 1 aliphatic carbocycles. The average molecular weight is 240 g/mol. The number of nitrogens with one attached hydrogen (secondary N) is 1. The number of hydrogen-bond donors (Lipinski definition) is 1. The largest absolute Gasteiger partial charge is 0.312 e. The van der Waals surface area contributed by atoms with Crippen LogP contribution in [-0.4, -0.2) is 11.5 Å². The Balaban J connectivity index is 1.70. The van der Waals surface area contributed by atoms with Gasteiger partial charge in [0.1, 0.15) is 0 Å². The number of rotatable bonds is 4. The Bertz CT molecular complexity index is 538. The highest BCUT2D eigenvalue weighted by Crippen LogP contribution is 2.39. The molecule has 2 nitrogen and oxygen atoms in total. The molecular weight excluding hydrogens is 220 g/mol. The van der Waals surface area contributed by atoms with Crippen molar-refractivity contribution in [3.8, 4) is 0 Å². The molecule has 1 N–H and O–H groups in total. The van der Waals surface area contributed by atoms with Crippen molar-refractivity contribution < 1.29 is 0 Å². The van der Waals surface area contributed by atoms with E-state index in [2.05, 4.69) is 41.5 Å². The van der Waals surface area contributed by atoms with E-state index >= 15 is 0 Å². The van der Waals surface area contributed by atoms with E-state index in [4.69, 9.17) is 0 Å². The van der Waals surface area contributed by atoms with E-state index in [9.17, 15) is 0 Å². The molecule has 0 atom stereocenters. The number of aromatic nitrogens is 1. The van der Waals surface area contributed by atoms with Crippen LogP contribution in [0.1, 0.15) is 31.7 Å². The van der Waals surface area contributed by atoms with Crippen molar-refractivity contribution in [2.24, 2.45) is 5.41 Å². The van der Waals surface area contributed by atoms with E-state index in [1.807, 2.05) is 12.3 Å². The molecule has 18 heavy (non-hydrogen) atoms. The summed E-state index contributed by atoms with van der Waals surface area (Å²) in [7, 11) is 0. The third kappa shape index (κ3) is 2.25. The molecule has 2 aromatic rings. The fourth-order valence-corrected chi connectivity index (χ4v) is 2.77. The van der Waals surface area contributed by atoms with Gasteiger partial charge >= 0.3 is 0 Å². The SMILES string of the molecule is CC1(CNCc2ccnc3ccccc23)CCC1. The summed E-state index contributed by atoms with van der Waals surface area (Å²) < 4.78 is 0. The van der Waals surface area contributed by atoms with Crippen LogP contribution in [-0.2, 0) is 6.54 Å². The molecule has 0 bridgehead atoms. The van der Waals surface area contributed by atoms with Crippen molar-refractivity contribution in [3.05, 3.63) is 42.1 Å². The third-order valence-corrected chi connectivity index (χ3v) is 4.17. The Hall–Kier alpha value is -1.41. The van der Waals surface area contributed by atoms with Crippen LogP contribution in [0.4, 0.5) is 0 Å². The highest BCUT2D eigenvalue weighted by molar-refractivity contribution is 5.81. The number of hydrogen-bond acceptors (Lipinski definition) is 2. The minimum absolute atomic E-state index is 0.544. The van der Waals surface area contributed by atoms with E-state index in [0.717, 1.165) is 18.6 Å². The Morgan fingerprint density at radius 2 is 2.06 bits per heavy atom. The summed E-state index contributed by atoms with van der Waals surface area (Å²) in [5, 5.41) is 4.88. The molecule has 0 aliphatic heterocycles. The highest BCUT2D eigenvalue weighted by atomic mass is 14.9. The Labute approximate surface area is 108 Å². The predicted molar refractivity (Wildman–Crippen MR) is 75.4 cm³/mol. The van der Waals surface area contributed by atoms with Gasteiger partial charge in [0, 0.05) is 24.7 Å². The molecule has 0 saturated heterocycles. The van der Waals surface area contributed by atoms with Gasteiger partial charge in [0.2, 0.25) is 0 Å². The van der Waals surface area contributed by atoms with Gasteiger partial charge < -0.3 is 5.32 Å². The van der Waals surface area contributed by atoms with Gasteiger partial charge in [0.05, 0.1) is 5.52 Å². The first-order chi connectivity index (χ1) is 8.77. The topological polar surface area (TPSA) is 24.9 Å². The van der Waals surface area contributed by atoms with Gasteiger partial charge in [0.15, 0.2) is 0 Å². The highest BCUT2D eigenvalue weighted by Gasteiger charge is 2.30. The van der Waals surface area contributed by atoms with E-state index in [1.165, 1.54) is 30.2 Å². The Kier molecular flexibility index (Phi) is 3.04. The van der Waals surface area contributed by atoms with E-state index in [-0.39, 0.29) is 0 Å².